The number of halogens is 1. The Kier molecular flexibility index (Phi) is 4.11. The van der Waals surface area contributed by atoms with Gasteiger partial charge in [-0.2, -0.15) is 0 Å². The molecule has 1 rings (SSSR count). The second kappa shape index (κ2) is 4.94. The zero-order valence-corrected chi connectivity index (χ0v) is 10.5. The van der Waals surface area contributed by atoms with E-state index in [-0.39, 0.29) is 5.54 Å². The van der Waals surface area contributed by atoms with Gasteiger partial charge in [0.2, 0.25) is 0 Å². The summed E-state index contributed by atoms with van der Waals surface area (Å²) in [5, 5.41) is 8.22. The van der Waals surface area contributed by atoms with Crippen LogP contribution in [-0.4, -0.2) is 28.5 Å². The quantitative estimate of drug-likeness (QED) is 0.744. The lowest BCUT2D eigenvalue weighted by atomic mass is 10.1. The largest absolute Gasteiger partial charge is 0.384 e. The van der Waals surface area contributed by atoms with E-state index in [2.05, 4.69) is 35.5 Å². The average Bonchev–Trinajstić information content (AvgIpc) is 2.56. The van der Waals surface area contributed by atoms with Gasteiger partial charge in [0, 0.05) is 19.1 Å². The Balaban J connectivity index is 3.01. The van der Waals surface area contributed by atoms with Crippen molar-refractivity contribution >= 4 is 11.6 Å². The fraction of sp³-hybridized carbons (Fsp3) is 0.800. The summed E-state index contributed by atoms with van der Waals surface area (Å²) in [6.45, 7) is 6.99. The molecule has 0 aromatic carbocycles. The maximum absolute atomic E-state index is 5.83. The van der Waals surface area contributed by atoms with Gasteiger partial charge in [-0.25, -0.2) is 0 Å². The van der Waals surface area contributed by atoms with Crippen molar-refractivity contribution in [3.8, 4) is 0 Å². The highest BCUT2D eigenvalue weighted by Gasteiger charge is 2.21. The first-order valence-electron chi connectivity index (χ1n) is 4.99. The fourth-order valence-corrected chi connectivity index (χ4v) is 1.74. The van der Waals surface area contributed by atoms with Crippen molar-refractivity contribution in [2.24, 2.45) is 0 Å². The molecule has 4 nitrogen and oxygen atoms in total. The lowest BCUT2D eigenvalue weighted by molar-refractivity contribution is 0.197. The van der Waals surface area contributed by atoms with Crippen molar-refractivity contribution in [2.75, 3.05) is 13.7 Å². The number of alkyl halides is 1. The molecular weight excluding hydrogens is 214 g/mol. The smallest absolute Gasteiger partial charge is 0.148 e. The van der Waals surface area contributed by atoms with Crippen LogP contribution in [0, 0.1) is 0 Å². The molecule has 0 spiro atoms. The molecule has 0 fully saturated rings. The van der Waals surface area contributed by atoms with E-state index in [0.717, 1.165) is 18.1 Å². The molecule has 1 heterocycles. The van der Waals surface area contributed by atoms with Crippen molar-refractivity contribution in [1.29, 1.82) is 0 Å². The molecular formula is C10H18ClN3O. The monoisotopic (exact) mass is 231 g/mol. The zero-order chi connectivity index (χ0) is 11.5. The number of nitrogens with zero attached hydrogens (tertiary/aromatic N) is 3. The number of ether oxygens (including phenoxy) is 1. The van der Waals surface area contributed by atoms with E-state index in [9.17, 15) is 0 Å². The highest BCUT2D eigenvalue weighted by molar-refractivity contribution is 6.16. The van der Waals surface area contributed by atoms with Crippen molar-refractivity contribution in [3.05, 3.63) is 11.6 Å². The number of hydrogen-bond donors (Lipinski definition) is 0. The minimum absolute atomic E-state index is 0.0448. The van der Waals surface area contributed by atoms with Crippen LogP contribution < -0.4 is 0 Å². The van der Waals surface area contributed by atoms with E-state index in [1.807, 2.05) is 0 Å². The molecule has 1 aromatic rings. The summed E-state index contributed by atoms with van der Waals surface area (Å²) in [6.07, 6.45) is 0.762. The lowest BCUT2D eigenvalue weighted by Crippen LogP contribution is -2.26. The first kappa shape index (κ1) is 12.5. The summed E-state index contributed by atoms with van der Waals surface area (Å²) in [5.74, 6) is 2.13. The van der Waals surface area contributed by atoms with Crippen LogP contribution in [0.15, 0.2) is 0 Å². The van der Waals surface area contributed by atoms with Gasteiger partial charge in [0.15, 0.2) is 0 Å². The minimum Gasteiger partial charge on any atom is -0.384 e. The van der Waals surface area contributed by atoms with Gasteiger partial charge in [-0.1, -0.05) is 0 Å². The van der Waals surface area contributed by atoms with E-state index >= 15 is 0 Å². The molecule has 15 heavy (non-hydrogen) atoms. The Hall–Kier alpha value is -0.610. The van der Waals surface area contributed by atoms with Crippen LogP contribution in [-0.2, 0) is 22.6 Å². The van der Waals surface area contributed by atoms with Gasteiger partial charge in [0.25, 0.3) is 0 Å². The van der Waals surface area contributed by atoms with Crippen LogP contribution in [0.2, 0.25) is 0 Å². The zero-order valence-electron chi connectivity index (χ0n) is 9.75. The molecule has 0 atom stereocenters. The number of rotatable bonds is 4. The molecule has 86 valence electrons. The summed E-state index contributed by atoms with van der Waals surface area (Å²) >= 11 is 5.83. The summed E-state index contributed by atoms with van der Waals surface area (Å²) < 4.78 is 7.12. The molecule has 1 aromatic heterocycles. The summed E-state index contributed by atoms with van der Waals surface area (Å²) in [7, 11) is 1.68. The lowest BCUT2D eigenvalue weighted by Gasteiger charge is -2.24. The molecule has 0 saturated heterocycles. The third-order valence-electron chi connectivity index (χ3n) is 2.12. The third-order valence-corrected chi connectivity index (χ3v) is 2.36. The summed E-state index contributed by atoms with van der Waals surface area (Å²) in [5.41, 5.74) is -0.0448. The van der Waals surface area contributed by atoms with Gasteiger partial charge in [0.05, 0.1) is 12.5 Å². The van der Waals surface area contributed by atoms with Crippen molar-refractivity contribution in [1.82, 2.24) is 14.8 Å². The molecule has 0 unspecified atom stereocenters. The standard InChI is InChI=1S/C10H18ClN3O/c1-10(2,3)14-8(5-6-15-4)12-13-9(14)7-11/h5-7H2,1-4H3. The van der Waals surface area contributed by atoms with Crippen LogP contribution in [0.3, 0.4) is 0 Å². The SMILES string of the molecule is COCCc1nnc(CCl)n1C(C)(C)C. The van der Waals surface area contributed by atoms with Crippen LogP contribution in [0.4, 0.5) is 0 Å². The number of methoxy groups -OCH3 is 1. The molecule has 0 bridgehead atoms. The molecule has 0 aliphatic heterocycles. The molecule has 0 radical (unpaired) electrons. The van der Waals surface area contributed by atoms with Crippen LogP contribution in [0.1, 0.15) is 32.4 Å². The minimum atomic E-state index is -0.0448. The Bertz CT molecular complexity index is 317. The highest BCUT2D eigenvalue weighted by Crippen LogP contribution is 2.19. The van der Waals surface area contributed by atoms with Gasteiger partial charge in [-0.3, -0.25) is 0 Å². The van der Waals surface area contributed by atoms with E-state index in [1.54, 1.807) is 7.11 Å². The molecule has 5 heteroatoms. The predicted octanol–water partition coefficient (Wildman–Crippen LogP) is 1.96. The molecule has 0 aliphatic carbocycles. The molecule has 0 saturated carbocycles. The maximum Gasteiger partial charge on any atom is 0.148 e. The first-order chi connectivity index (χ1) is 7.00. The van der Waals surface area contributed by atoms with E-state index in [1.165, 1.54) is 0 Å². The first-order valence-corrected chi connectivity index (χ1v) is 5.52. The van der Waals surface area contributed by atoms with Gasteiger partial charge in [-0.15, -0.1) is 21.8 Å². The normalized spacial score (nSPS) is 12.1. The summed E-state index contributed by atoms with van der Waals surface area (Å²) in [4.78, 5) is 0. The van der Waals surface area contributed by atoms with Gasteiger partial charge in [0.1, 0.15) is 11.6 Å². The van der Waals surface area contributed by atoms with Gasteiger partial charge < -0.3 is 9.30 Å². The maximum atomic E-state index is 5.83. The van der Waals surface area contributed by atoms with Crippen LogP contribution in [0.5, 0.6) is 0 Å². The Morgan fingerprint density at radius 3 is 2.33 bits per heavy atom. The Labute approximate surface area is 95.6 Å². The fourth-order valence-electron chi connectivity index (χ4n) is 1.57. The topological polar surface area (TPSA) is 39.9 Å². The number of hydrogen-bond acceptors (Lipinski definition) is 3. The van der Waals surface area contributed by atoms with Crippen molar-refractivity contribution in [3.63, 3.8) is 0 Å². The average molecular weight is 232 g/mol. The highest BCUT2D eigenvalue weighted by atomic mass is 35.5. The number of aromatic nitrogens is 3. The van der Waals surface area contributed by atoms with E-state index < -0.39 is 0 Å². The van der Waals surface area contributed by atoms with E-state index in [4.69, 9.17) is 16.3 Å². The van der Waals surface area contributed by atoms with Crippen LogP contribution in [0.25, 0.3) is 0 Å². The second-order valence-corrected chi connectivity index (χ2v) is 4.68. The Morgan fingerprint density at radius 2 is 1.87 bits per heavy atom. The molecule has 0 N–H and O–H groups in total. The van der Waals surface area contributed by atoms with E-state index in [0.29, 0.717) is 12.5 Å². The third kappa shape index (κ3) is 2.92. The van der Waals surface area contributed by atoms with Crippen LogP contribution >= 0.6 is 11.6 Å². The van der Waals surface area contributed by atoms with Crippen molar-refractivity contribution in [2.45, 2.75) is 38.6 Å². The molecule has 0 aliphatic rings. The second-order valence-electron chi connectivity index (χ2n) is 4.42. The summed E-state index contributed by atoms with van der Waals surface area (Å²) in [6, 6.07) is 0. The van der Waals surface area contributed by atoms with Gasteiger partial charge >= 0.3 is 0 Å². The van der Waals surface area contributed by atoms with Gasteiger partial charge in [-0.05, 0) is 20.8 Å². The molecule has 0 amide bonds. The predicted molar refractivity (Wildman–Crippen MR) is 60.2 cm³/mol. The van der Waals surface area contributed by atoms with Crippen molar-refractivity contribution < 1.29 is 4.74 Å². The Morgan fingerprint density at radius 1 is 1.27 bits per heavy atom.